The number of hydrogen-bond donors (Lipinski definition) is 2. The lowest BCUT2D eigenvalue weighted by molar-refractivity contribution is -0.139. The first kappa shape index (κ1) is 22.4. The Hall–Kier alpha value is -3.33. The zero-order valence-electron chi connectivity index (χ0n) is 17.1. The van der Waals surface area contributed by atoms with E-state index in [-0.39, 0.29) is 31.2 Å². The molecule has 9 heteroatoms. The molecule has 8 nitrogen and oxygen atoms in total. The van der Waals surface area contributed by atoms with Gasteiger partial charge in [0.05, 0.1) is 12.8 Å². The monoisotopic (exact) mass is 441 g/mol. The highest BCUT2D eigenvalue weighted by atomic mass is 32.2. The lowest BCUT2D eigenvalue weighted by Crippen LogP contribution is -2.35. The molecule has 1 heterocycles. The molecule has 0 radical (unpaired) electrons. The van der Waals surface area contributed by atoms with Crippen molar-refractivity contribution in [2.75, 3.05) is 36.2 Å². The highest BCUT2D eigenvalue weighted by Gasteiger charge is 2.23. The number of nitrogens with zero attached hydrogens (tertiary/aromatic N) is 1. The Morgan fingerprint density at radius 1 is 1.06 bits per heavy atom. The normalized spacial score (nSPS) is 12.5. The summed E-state index contributed by atoms with van der Waals surface area (Å²) in [6.45, 7) is 0.372. The first-order chi connectivity index (χ1) is 15.0. The maximum atomic E-state index is 12.7. The summed E-state index contributed by atoms with van der Waals surface area (Å²) in [6.07, 6.45) is 0.119. The van der Waals surface area contributed by atoms with Crippen molar-refractivity contribution in [2.24, 2.45) is 0 Å². The number of anilines is 2. The van der Waals surface area contributed by atoms with Gasteiger partial charge in [0.15, 0.2) is 0 Å². The van der Waals surface area contributed by atoms with Crippen LogP contribution < -0.4 is 15.5 Å². The van der Waals surface area contributed by atoms with Crippen LogP contribution >= 0.6 is 11.8 Å². The van der Waals surface area contributed by atoms with E-state index in [1.807, 2.05) is 24.3 Å². The summed E-state index contributed by atoms with van der Waals surface area (Å²) in [7, 11) is 1.23. The van der Waals surface area contributed by atoms with Gasteiger partial charge in [0.25, 0.3) is 5.91 Å². The van der Waals surface area contributed by atoms with Crippen molar-refractivity contribution in [1.82, 2.24) is 5.32 Å². The number of thioether (sulfide) groups is 1. The number of methoxy groups -OCH3 is 1. The summed E-state index contributed by atoms with van der Waals surface area (Å²) in [6, 6.07) is 14.1. The molecule has 0 unspecified atom stereocenters. The molecule has 3 rings (SSSR count). The Morgan fingerprint density at radius 3 is 2.68 bits per heavy atom. The second-order valence-electron chi connectivity index (χ2n) is 6.75. The van der Waals surface area contributed by atoms with Crippen LogP contribution in [0.4, 0.5) is 11.4 Å². The summed E-state index contributed by atoms with van der Waals surface area (Å²) >= 11 is 1.71. The van der Waals surface area contributed by atoms with Crippen molar-refractivity contribution in [1.29, 1.82) is 0 Å². The Labute approximate surface area is 184 Å². The zero-order valence-corrected chi connectivity index (χ0v) is 17.9. The quantitative estimate of drug-likeness (QED) is 0.640. The Kier molecular flexibility index (Phi) is 7.66. The average Bonchev–Trinajstić information content (AvgIpc) is 2.80. The number of esters is 1. The molecule has 31 heavy (non-hydrogen) atoms. The number of para-hydroxylation sites is 1. The van der Waals surface area contributed by atoms with E-state index < -0.39 is 11.9 Å². The third-order valence-electron chi connectivity index (χ3n) is 4.62. The zero-order chi connectivity index (χ0) is 22.2. The topological polar surface area (TPSA) is 105 Å². The second-order valence-corrected chi connectivity index (χ2v) is 7.89. The van der Waals surface area contributed by atoms with Gasteiger partial charge < -0.3 is 20.3 Å². The summed E-state index contributed by atoms with van der Waals surface area (Å²) < 4.78 is 4.48. The van der Waals surface area contributed by atoms with Crippen molar-refractivity contribution in [3.05, 3.63) is 54.1 Å². The number of amides is 3. The SMILES string of the molecule is COC(=O)CNC(=O)c1cccc(NC(=O)CCC(=O)N2CCSc3ccccc32)c1. The van der Waals surface area contributed by atoms with Crippen LogP contribution in [0.3, 0.4) is 0 Å². The number of benzene rings is 2. The average molecular weight is 442 g/mol. The molecular formula is C22H23N3O5S. The largest absolute Gasteiger partial charge is 0.468 e. The van der Waals surface area contributed by atoms with Crippen molar-refractivity contribution in [2.45, 2.75) is 17.7 Å². The fraction of sp³-hybridized carbons (Fsp3) is 0.273. The van der Waals surface area contributed by atoms with Gasteiger partial charge in [-0.3, -0.25) is 19.2 Å². The number of rotatable bonds is 7. The van der Waals surface area contributed by atoms with Gasteiger partial charge in [-0.15, -0.1) is 11.8 Å². The van der Waals surface area contributed by atoms with E-state index >= 15 is 0 Å². The van der Waals surface area contributed by atoms with Gasteiger partial charge in [-0.05, 0) is 30.3 Å². The van der Waals surface area contributed by atoms with Crippen molar-refractivity contribution in [3.8, 4) is 0 Å². The fourth-order valence-corrected chi connectivity index (χ4v) is 4.07. The van der Waals surface area contributed by atoms with Crippen LogP contribution in [-0.2, 0) is 19.1 Å². The molecule has 0 spiro atoms. The fourth-order valence-electron chi connectivity index (χ4n) is 3.07. The van der Waals surface area contributed by atoms with Crippen molar-refractivity contribution < 1.29 is 23.9 Å². The molecular weight excluding hydrogens is 418 g/mol. The Morgan fingerprint density at radius 2 is 1.87 bits per heavy atom. The maximum Gasteiger partial charge on any atom is 0.325 e. The molecule has 2 N–H and O–H groups in total. The third kappa shape index (κ3) is 6.08. The maximum absolute atomic E-state index is 12.7. The number of carbonyl (C=O) groups is 4. The highest BCUT2D eigenvalue weighted by molar-refractivity contribution is 7.99. The first-order valence-corrected chi connectivity index (χ1v) is 10.7. The van der Waals surface area contributed by atoms with Crippen LogP contribution in [0.15, 0.2) is 53.4 Å². The molecule has 162 valence electrons. The predicted octanol–water partition coefficient (Wildman–Crippen LogP) is 2.45. The van der Waals surface area contributed by atoms with Gasteiger partial charge in [-0.25, -0.2) is 0 Å². The number of nitrogens with one attached hydrogen (secondary N) is 2. The smallest absolute Gasteiger partial charge is 0.325 e. The van der Waals surface area contributed by atoms with Crippen molar-refractivity contribution in [3.63, 3.8) is 0 Å². The van der Waals surface area contributed by atoms with Gasteiger partial charge >= 0.3 is 5.97 Å². The first-order valence-electron chi connectivity index (χ1n) is 9.75. The Bertz CT molecular complexity index is 995. The summed E-state index contributed by atoms with van der Waals surface area (Å²) in [4.78, 5) is 51.0. The lowest BCUT2D eigenvalue weighted by Gasteiger charge is -2.29. The minimum Gasteiger partial charge on any atom is -0.468 e. The molecule has 0 atom stereocenters. The van der Waals surface area contributed by atoms with E-state index in [2.05, 4.69) is 15.4 Å². The number of fused-ring (bicyclic) bond motifs is 1. The summed E-state index contributed by atoms with van der Waals surface area (Å²) in [5.74, 6) is -0.616. The molecule has 0 aromatic heterocycles. The Balaban J connectivity index is 1.53. The minimum atomic E-state index is -0.558. The van der Waals surface area contributed by atoms with E-state index in [4.69, 9.17) is 0 Å². The lowest BCUT2D eigenvalue weighted by atomic mass is 10.1. The number of carbonyl (C=O) groups excluding carboxylic acids is 4. The molecule has 0 fully saturated rings. The van der Waals surface area contributed by atoms with Gasteiger partial charge in [-0.2, -0.15) is 0 Å². The second kappa shape index (κ2) is 10.6. The van der Waals surface area contributed by atoms with Crippen LogP contribution in [0.1, 0.15) is 23.2 Å². The van der Waals surface area contributed by atoms with Crippen LogP contribution in [0.5, 0.6) is 0 Å². The molecule has 0 saturated carbocycles. The van der Waals surface area contributed by atoms with Crippen LogP contribution in [-0.4, -0.2) is 49.6 Å². The molecule has 1 aliphatic rings. The molecule has 3 amide bonds. The molecule has 0 saturated heterocycles. The molecule has 0 aliphatic carbocycles. The van der Waals surface area contributed by atoms with Gasteiger partial charge in [-0.1, -0.05) is 18.2 Å². The molecule has 0 bridgehead atoms. The minimum absolute atomic E-state index is 0.0312. The van der Waals surface area contributed by atoms with E-state index in [0.717, 1.165) is 16.3 Å². The van der Waals surface area contributed by atoms with Gasteiger partial charge in [0.2, 0.25) is 11.8 Å². The van der Waals surface area contributed by atoms with E-state index in [0.29, 0.717) is 17.8 Å². The summed E-state index contributed by atoms with van der Waals surface area (Å²) in [5.41, 5.74) is 1.61. The third-order valence-corrected chi connectivity index (χ3v) is 5.67. The number of hydrogen-bond acceptors (Lipinski definition) is 6. The molecule has 2 aromatic carbocycles. The molecule has 1 aliphatic heterocycles. The molecule has 2 aromatic rings. The van der Waals surface area contributed by atoms with Crippen LogP contribution in [0, 0.1) is 0 Å². The van der Waals surface area contributed by atoms with Crippen molar-refractivity contribution >= 4 is 46.8 Å². The predicted molar refractivity (Wildman–Crippen MR) is 118 cm³/mol. The van der Waals surface area contributed by atoms with Gasteiger partial charge in [0.1, 0.15) is 6.54 Å². The standard InChI is InChI=1S/C22H23N3O5S/c1-30-21(28)14-23-22(29)15-5-4-6-16(13-15)24-19(26)9-10-20(27)25-11-12-31-18-8-3-2-7-17(18)25/h2-8,13H,9-12,14H2,1H3,(H,23,29)(H,24,26). The summed E-state index contributed by atoms with van der Waals surface area (Å²) in [5, 5.41) is 5.14. The van der Waals surface area contributed by atoms with Crippen LogP contribution in [0.25, 0.3) is 0 Å². The van der Waals surface area contributed by atoms with E-state index in [1.54, 1.807) is 34.9 Å². The van der Waals surface area contributed by atoms with E-state index in [1.165, 1.54) is 13.2 Å². The number of ether oxygens (including phenoxy) is 1. The van der Waals surface area contributed by atoms with E-state index in [9.17, 15) is 19.2 Å². The highest BCUT2D eigenvalue weighted by Crippen LogP contribution is 2.34. The van der Waals surface area contributed by atoms with Crippen LogP contribution in [0.2, 0.25) is 0 Å². The van der Waals surface area contributed by atoms with Gasteiger partial charge in [0, 0.05) is 41.3 Å².